The van der Waals surface area contributed by atoms with E-state index < -0.39 is 0 Å². The lowest BCUT2D eigenvalue weighted by Gasteiger charge is -2.25. The van der Waals surface area contributed by atoms with Gasteiger partial charge < -0.3 is 4.90 Å². The third-order valence-electron chi connectivity index (χ3n) is 2.92. The Bertz CT molecular complexity index is 408. The monoisotopic (exact) mass is 247 g/mol. The summed E-state index contributed by atoms with van der Waals surface area (Å²) < 4.78 is 0. The highest BCUT2D eigenvalue weighted by atomic mass is 16.1. The minimum atomic E-state index is 0.177. The molecule has 0 saturated carbocycles. The maximum atomic E-state index is 11.1. The van der Waals surface area contributed by atoms with Crippen LogP contribution >= 0.6 is 0 Å². The summed E-state index contributed by atoms with van der Waals surface area (Å²) in [5.74, 6) is 0.354. The van der Waals surface area contributed by atoms with Crippen LogP contribution < -0.4 is 4.90 Å². The van der Waals surface area contributed by atoms with Crippen molar-refractivity contribution in [2.75, 3.05) is 18.0 Å². The van der Waals surface area contributed by atoms with Crippen LogP contribution in [-0.2, 0) is 9.59 Å². The standard InChI is InChI=1S/C15H21NO2/c1-12-6-4-5-7-15(12)16(10-8-13(2)17)11-9-14(3)18/h4-7H,8-11H2,1-3H3. The van der Waals surface area contributed by atoms with Crippen molar-refractivity contribution in [2.24, 2.45) is 0 Å². The molecule has 0 saturated heterocycles. The Morgan fingerprint density at radius 1 is 1.00 bits per heavy atom. The first-order chi connectivity index (χ1) is 8.50. The number of nitrogens with zero attached hydrogens (tertiary/aromatic N) is 1. The number of rotatable bonds is 7. The predicted molar refractivity (Wildman–Crippen MR) is 74.0 cm³/mol. The summed E-state index contributed by atoms with van der Waals surface area (Å²) in [7, 11) is 0. The van der Waals surface area contributed by atoms with Gasteiger partial charge in [0.2, 0.25) is 0 Å². The molecule has 0 aliphatic rings. The first-order valence-corrected chi connectivity index (χ1v) is 6.30. The highest BCUT2D eigenvalue weighted by Gasteiger charge is 2.10. The first kappa shape index (κ1) is 14.4. The molecule has 0 spiro atoms. The number of hydrogen-bond donors (Lipinski definition) is 0. The predicted octanol–water partition coefficient (Wildman–Crippen LogP) is 2.76. The van der Waals surface area contributed by atoms with Gasteiger partial charge in [0.1, 0.15) is 11.6 Å². The number of Topliss-reactive ketones (excluding diaryl/α,β-unsaturated/α-hetero) is 2. The van der Waals surface area contributed by atoms with Gasteiger partial charge in [-0.25, -0.2) is 0 Å². The van der Waals surface area contributed by atoms with Crippen molar-refractivity contribution in [3.8, 4) is 0 Å². The minimum absolute atomic E-state index is 0.177. The number of ketones is 2. The quantitative estimate of drug-likeness (QED) is 0.743. The number of hydrogen-bond acceptors (Lipinski definition) is 3. The second kappa shape index (κ2) is 6.94. The second-order valence-electron chi connectivity index (χ2n) is 4.68. The fraction of sp³-hybridized carbons (Fsp3) is 0.467. The van der Waals surface area contributed by atoms with Crippen molar-refractivity contribution in [2.45, 2.75) is 33.6 Å². The number of para-hydroxylation sites is 1. The molecule has 0 heterocycles. The molecule has 1 rings (SSSR count). The van der Waals surface area contributed by atoms with E-state index in [0.29, 0.717) is 25.9 Å². The molecule has 1 aromatic rings. The van der Waals surface area contributed by atoms with Crippen LogP contribution in [0.3, 0.4) is 0 Å². The van der Waals surface area contributed by atoms with Gasteiger partial charge in [-0.15, -0.1) is 0 Å². The Morgan fingerprint density at radius 2 is 1.50 bits per heavy atom. The average molecular weight is 247 g/mol. The van der Waals surface area contributed by atoms with Crippen LogP contribution in [0.15, 0.2) is 24.3 Å². The lowest BCUT2D eigenvalue weighted by Crippen LogP contribution is -2.28. The molecule has 0 radical (unpaired) electrons. The Balaban J connectivity index is 2.79. The fourth-order valence-electron chi connectivity index (χ4n) is 1.86. The Labute approximate surface area is 109 Å². The van der Waals surface area contributed by atoms with Crippen LogP contribution in [0.2, 0.25) is 0 Å². The van der Waals surface area contributed by atoms with E-state index in [2.05, 4.69) is 4.90 Å². The van der Waals surface area contributed by atoms with E-state index in [1.807, 2.05) is 31.2 Å². The van der Waals surface area contributed by atoms with Crippen LogP contribution in [0.1, 0.15) is 32.3 Å². The molecule has 18 heavy (non-hydrogen) atoms. The third-order valence-corrected chi connectivity index (χ3v) is 2.92. The topological polar surface area (TPSA) is 37.4 Å². The molecule has 0 atom stereocenters. The molecular weight excluding hydrogens is 226 g/mol. The molecule has 0 bridgehead atoms. The van der Waals surface area contributed by atoms with Crippen LogP contribution in [0.5, 0.6) is 0 Å². The highest BCUT2D eigenvalue weighted by molar-refractivity contribution is 5.77. The van der Waals surface area contributed by atoms with Gasteiger partial charge in [0.25, 0.3) is 0 Å². The maximum absolute atomic E-state index is 11.1. The SMILES string of the molecule is CC(=O)CCN(CCC(C)=O)c1ccccc1C. The van der Waals surface area contributed by atoms with Crippen LogP contribution in [-0.4, -0.2) is 24.7 Å². The molecule has 3 nitrogen and oxygen atoms in total. The van der Waals surface area contributed by atoms with E-state index in [1.54, 1.807) is 13.8 Å². The molecular formula is C15H21NO2. The third kappa shape index (κ3) is 4.70. The highest BCUT2D eigenvalue weighted by Crippen LogP contribution is 2.20. The van der Waals surface area contributed by atoms with Crippen molar-refractivity contribution < 1.29 is 9.59 Å². The summed E-state index contributed by atoms with van der Waals surface area (Å²) in [6, 6.07) is 8.06. The van der Waals surface area contributed by atoms with Crippen molar-refractivity contribution in [1.29, 1.82) is 0 Å². The molecule has 0 aromatic heterocycles. The fourth-order valence-corrected chi connectivity index (χ4v) is 1.86. The van der Waals surface area contributed by atoms with E-state index in [-0.39, 0.29) is 11.6 Å². The summed E-state index contributed by atoms with van der Waals surface area (Å²) in [6.07, 6.45) is 1.04. The summed E-state index contributed by atoms with van der Waals surface area (Å²) >= 11 is 0. The van der Waals surface area contributed by atoms with E-state index in [1.165, 1.54) is 5.56 Å². The Kier molecular flexibility index (Phi) is 5.56. The Hall–Kier alpha value is -1.64. The zero-order valence-corrected chi connectivity index (χ0v) is 11.4. The maximum Gasteiger partial charge on any atom is 0.131 e. The minimum Gasteiger partial charge on any atom is -0.370 e. The summed E-state index contributed by atoms with van der Waals surface area (Å²) in [4.78, 5) is 24.3. The summed E-state index contributed by atoms with van der Waals surface area (Å²) in [6.45, 7) is 6.59. The van der Waals surface area contributed by atoms with Gasteiger partial charge in [-0.3, -0.25) is 9.59 Å². The van der Waals surface area contributed by atoms with Crippen molar-refractivity contribution in [3.63, 3.8) is 0 Å². The van der Waals surface area contributed by atoms with Gasteiger partial charge in [0.05, 0.1) is 0 Å². The number of carbonyl (C=O) groups excluding carboxylic acids is 2. The lowest BCUT2D eigenvalue weighted by molar-refractivity contribution is -0.117. The molecule has 0 unspecified atom stereocenters. The summed E-state index contributed by atoms with van der Waals surface area (Å²) in [5, 5.41) is 0. The zero-order valence-electron chi connectivity index (χ0n) is 11.4. The van der Waals surface area contributed by atoms with Crippen molar-refractivity contribution in [3.05, 3.63) is 29.8 Å². The average Bonchev–Trinajstić information content (AvgIpc) is 2.30. The first-order valence-electron chi connectivity index (χ1n) is 6.30. The number of carbonyl (C=O) groups is 2. The van der Waals surface area contributed by atoms with Gasteiger partial charge in [-0.2, -0.15) is 0 Å². The van der Waals surface area contributed by atoms with Gasteiger partial charge in [-0.1, -0.05) is 18.2 Å². The molecule has 0 aliphatic heterocycles. The normalized spacial score (nSPS) is 10.2. The number of aryl methyl sites for hydroxylation is 1. The van der Waals surface area contributed by atoms with Crippen molar-refractivity contribution >= 4 is 17.3 Å². The molecule has 0 fully saturated rings. The van der Waals surface area contributed by atoms with E-state index in [9.17, 15) is 9.59 Å². The molecule has 0 aliphatic carbocycles. The van der Waals surface area contributed by atoms with E-state index in [0.717, 1.165) is 5.69 Å². The van der Waals surface area contributed by atoms with Gasteiger partial charge in [0, 0.05) is 31.6 Å². The van der Waals surface area contributed by atoms with Gasteiger partial charge in [0.15, 0.2) is 0 Å². The molecule has 98 valence electrons. The van der Waals surface area contributed by atoms with E-state index >= 15 is 0 Å². The van der Waals surface area contributed by atoms with Gasteiger partial charge in [-0.05, 0) is 32.4 Å². The zero-order chi connectivity index (χ0) is 13.5. The van der Waals surface area contributed by atoms with Crippen LogP contribution in [0, 0.1) is 6.92 Å². The second-order valence-corrected chi connectivity index (χ2v) is 4.68. The molecule has 0 N–H and O–H groups in total. The largest absolute Gasteiger partial charge is 0.370 e. The number of anilines is 1. The Morgan fingerprint density at radius 3 is 1.94 bits per heavy atom. The van der Waals surface area contributed by atoms with Crippen molar-refractivity contribution in [1.82, 2.24) is 0 Å². The van der Waals surface area contributed by atoms with Crippen LogP contribution in [0.25, 0.3) is 0 Å². The smallest absolute Gasteiger partial charge is 0.131 e. The lowest BCUT2D eigenvalue weighted by atomic mass is 10.1. The summed E-state index contributed by atoms with van der Waals surface area (Å²) in [5.41, 5.74) is 2.28. The van der Waals surface area contributed by atoms with Crippen LogP contribution in [0.4, 0.5) is 5.69 Å². The molecule has 3 heteroatoms. The van der Waals surface area contributed by atoms with Gasteiger partial charge >= 0.3 is 0 Å². The number of benzene rings is 1. The molecule has 0 amide bonds. The van der Waals surface area contributed by atoms with E-state index in [4.69, 9.17) is 0 Å². The molecule has 1 aromatic carbocycles.